The van der Waals surface area contributed by atoms with Gasteiger partial charge in [-0.05, 0) is 62.6 Å². The van der Waals surface area contributed by atoms with E-state index in [4.69, 9.17) is 16.6 Å². The van der Waals surface area contributed by atoms with Crippen LogP contribution in [-0.2, 0) is 30.4 Å². The Bertz CT molecular complexity index is 919. The molecule has 0 aliphatic heterocycles. The number of rotatable bonds is 19. The summed E-state index contributed by atoms with van der Waals surface area (Å²) in [7, 11) is 0. The summed E-state index contributed by atoms with van der Waals surface area (Å²) in [6.45, 7) is 0.365. The zero-order valence-corrected chi connectivity index (χ0v) is 22.4. The number of carbonyl (C=O) groups is 5. The average Bonchev–Trinajstić information content (AvgIpc) is 2.88. The fourth-order valence-electron chi connectivity index (χ4n) is 3.58. The normalized spacial score (nSPS) is 14.0. The van der Waals surface area contributed by atoms with Gasteiger partial charge in [0.25, 0.3) is 0 Å². The minimum absolute atomic E-state index is 0.177. The number of aliphatic carboxylic acids is 2. The summed E-state index contributed by atoms with van der Waals surface area (Å²) < 4.78 is 0. The molecule has 0 radical (unpaired) electrons. The first-order valence-electron chi connectivity index (χ1n) is 12.4. The Morgan fingerprint density at radius 3 is 1.97 bits per heavy atom. The fraction of sp³-hybridized carbons (Fsp3) is 0.560. The number of amides is 3. The Balaban J connectivity index is 2.94. The maximum atomic E-state index is 13.2. The number of hydrogen-bond donors (Lipinski definition) is 7. The van der Waals surface area contributed by atoms with E-state index in [1.165, 1.54) is 11.8 Å². The van der Waals surface area contributed by atoms with E-state index < -0.39 is 60.2 Å². The van der Waals surface area contributed by atoms with Crippen molar-refractivity contribution in [3.63, 3.8) is 0 Å². The second kappa shape index (κ2) is 18.2. The molecule has 12 nitrogen and oxygen atoms in total. The Hall–Kier alpha value is -3.16. The standard InChI is InChI=1S/C25H39N5O7S/c1-38-14-12-19(28-22(33)17(27)15-16-7-3-2-4-8-16)24(35)29-18(9-5-6-13-26)23(34)30-20(25(36)37)10-11-21(31)32/h2-4,7-8,17-20H,5-6,9-15,26-27H2,1H3,(H,28,33)(H,29,35)(H,30,34)(H,31,32)(H,36,37). The Labute approximate surface area is 226 Å². The summed E-state index contributed by atoms with van der Waals surface area (Å²) in [6, 6.07) is 4.81. The van der Waals surface area contributed by atoms with E-state index >= 15 is 0 Å². The number of nitrogens with two attached hydrogens (primary N) is 2. The molecule has 212 valence electrons. The van der Waals surface area contributed by atoms with E-state index in [0.29, 0.717) is 25.1 Å². The lowest BCUT2D eigenvalue weighted by Crippen LogP contribution is -2.57. The molecule has 1 aromatic carbocycles. The second-order valence-corrected chi connectivity index (χ2v) is 9.80. The summed E-state index contributed by atoms with van der Waals surface area (Å²) in [5.74, 6) is -3.92. The summed E-state index contributed by atoms with van der Waals surface area (Å²) in [5, 5.41) is 25.8. The molecule has 0 saturated carbocycles. The highest BCUT2D eigenvalue weighted by Gasteiger charge is 2.30. The Morgan fingerprint density at radius 1 is 0.842 bits per heavy atom. The van der Waals surface area contributed by atoms with E-state index in [1.54, 1.807) is 0 Å². The quantitative estimate of drug-likeness (QED) is 0.112. The van der Waals surface area contributed by atoms with Crippen LogP contribution in [0.3, 0.4) is 0 Å². The summed E-state index contributed by atoms with van der Waals surface area (Å²) >= 11 is 1.48. The number of nitrogens with one attached hydrogen (secondary N) is 3. The van der Waals surface area contributed by atoms with Gasteiger partial charge in [0.1, 0.15) is 18.1 Å². The van der Waals surface area contributed by atoms with E-state index in [9.17, 15) is 29.1 Å². The molecule has 38 heavy (non-hydrogen) atoms. The molecule has 0 saturated heterocycles. The van der Waals surface area contributed by atoms with Crippen LogP contribution >= 0.6 is 11.8 Å². The van der Waals surface area contributed by atoms with Crippen LogP contribution in [-0.4, -0.2) is 82.6 Å². The van der Waals surface area contributed by atoms with Crippen LogP contribution in [0, 0.1) is 0 Å². The third-order valence-electron chi connectivity index (χ3n) is 5.72. The number of carbonyl (C=O) groups excluding carboxylic acids is 3. The number of benzene rings is 1. The minimum atomic E-state index is -1.43. The zero-order valence-electron chi connectivity index (χ0n) is 21.6. The fourth-order valence-corrected chi connectivity index (χ4v) is 4.05. The Kier molecular flexibility index (Phi) is 15.7. The van der Waals surface area contributed by atoms with Crippen LogP contribution < -0.4 is 27.4 Å². The molecule has 0 spiro atoms. The van der Waals surface area contributed by atoms with Crippen LogP contribution in [0.2, 0.25) is 0 Å². The minimum Gasteiger partial charge on any atom is -0.481 e. The number of unbranched alkanes of at least 4 members (excludes halogenated alkanes) is 1. The molecule has 0 heterocycles. The molecule has 0 aliphatic rings. The molecule has 1 aromatic rings. The van der Waals surface area contributed by atoms with Gasteiger partial charge in [-0.3, -0.25) is 19.2 Å². The number of carboxylic acid groups (broad SMARTS) is 2. The molecule has 0 fully saturated rings. The van der Waals surface area contributed by atoms with Crippen molar-refractivity contribution in [3.8, 4) is 0 Å². The predicted molar refractivity (Wildman–Crippen MR) is 144 cm³/mol. The van der Waals surface area contributed by atoms with Gasteiger partial charge in [-0.15, -0.1) is 0 Å². The van der Waals surface area contributed by atoms with Crippen LogP contribution in [0.25, 0.3) is 0 Å². The van der Waals surface area contributed by atoms with E-state index in [2.05, 4.69) is 16.0 Å². The summed E-state index contributed by atoms with van der Waals surface area (Å²) in [5.41, 5.74) is 12.5. The van der Waals surface area contributed by atoms with Crippen molar-refractivity contribution in [1.82, 2.24) is 16.0 Å². The maximum Gasteiger partial charge on any atom is 0.326 e. The molecule has 1 rings (SSSR count). The van der Waals surface area contributed by atoms with E-state index in [0.717, 1.165) is 5.56 Å². The van der Waals surface area contributed by atoms with Crippen molar-refractivity contribution < 1.29 is 34.2 Å². The van der Waals surface area contributed by atoms with Gasteiger partial charge in [-0.1, -0.05) is 30.3 Å². The van der Waals surface area contributed by atoms with Crippen LogP contribution in [0.5, 0.6) is 0 Å². The lowest BCUT2D eigenvalue weighted by molar-refractivity contribution is -0.143. The topological polar surface area (TPSA) is 214 Å². The molecule has 0 aromatic heterocycles. The van der Waals surface area contributed by atoms with Crippen molar-refractivity contribution in [1.29, 1.82) is 0 Å². The predicted octanol–water partition coefficient (Wildman–Crippen LogP) is -0.158. The molecular weight excluding hydrogens is 514 g/mol. The van der Waals surface area contributed by atoms with E-state index in [-0.39, 0.29) is 25.7 Å². The highest BCUT2D eigenvalue weighted by molar-refractivity contribution is 7.98. The van der Waals surface area contributed by atoms with Gasteiger partial charge in [0.15, 0.2) is 0 Å². The molecule has 4 unspecified atom stereocenters. The van der Waals surface area contributed by atoms with Gasteiger partial charge in [-0.2, -0.15) is 11.8 Å². The molecule has 4 atom stereocenters. The number of hydrogen-bond acceptors (Lipinski definition) is 8. The van der Waals surface area contributed by atoms with Gasteiger partial charge >= 0.3 is 11.9 Å². The van der Waals surface area contributed by atoms with Gasteiger partial charge in [0.2, 0.25) is 17.7 Å². The van der Waals surface area contributed by atoms with Gasteiger partial charge in [-0.25, -0.2) is 4.79 Å². The van der Waals surface area contributed by atoms with Gasteiger partial charge < -0.3 is 37.6 Å². The highest BCUT2D eigenvalue weighted by Crippen LogP contribution is 2.08. The van der Waals surface area contributed by atoms with Crippen molar-refractivity contribution in [2.45, 2.75) is 69.1 Å². The third-order valence-corrected chi connectivity index (χ3v) is 6.36. The molecule has 13 heteroatoms. The molecule has 3 amide bonds. The first kappa shape index (κ1) is 32.9. The van der Waals surface area contributed by atoms with Crippen molar-refractivity contribution >= 4 is 41.4 Å². The maximum absolute atomic E-state index is 13.2. The first-order valence-corrected chi connectivity index (χ1v) is 13.8. The summed E-state index contributed by atoms with van der Waals surface area (Å²) in [6.07, 6.45) is 2.87. The first-order chi connectivity index (χ1) is 18.1. The molecular formula is C25H39N5O7S. The largest absolute Gasteiger partial charge is 0.481 e. The van der Waals surface area contributed by atoms with Crippen LogP contribution in [0.15, 0.2) is 30.3 Å². The lowest BCUT2D eigenvalue weighted by Gasteiger charge is -2.25. The highest BCUT2D eigenvalue weighted by atomic mass is 32.2. The molecule has 9 N–H and O–H groups in total. The number of thioether (sulfide) groups is 1. The van der Waals surface area contributed by atoms with E-state index in [1.807, 2.05) is 36.6 Å². The smallest absolute Gasteiger partial charge is 0.326 e. The lowest BCUT2D eigenvalue weighted by atomic mass is 10.0. The monoisotopic (exact) mass is 553 g/mol. The molecule has 0 bridgehead atoms. The van der Waals surface area contributed by atoms with Gasteiger partial charge in [0, 0.05) is 6.42 Å². The third kappa shape index (κ3) is 12.9. The SMILES string of the molecule is CSCCC(NC(=O)C(N)Cc1ccccc1)C(=O)NC(CCCCN)C(=O)NC(CCC(=O)O)C(=O)O. The van der Waals surface area contributed by atoms with Gasteiger partial charge in [0.05, 0.1) is 6.04 Å². The van der Waals surface area contributed by atoms with Crippen molar-refractivity contribution in [2.24, 2.45) is 11.5 Å². The van der Waals surface area contributed by atoms with Crippen molar-refractivity contribution in [2.75, 3.05) is 18.6 Å². The number of carboxylic acids is 2. The summed E-state index contributed by atoms with van der Waals surface area (Å²) in [4.78, 5) is 61.2. The molecule has 0 aliphatic carbocycles. The zero-order chi connectivity index (χ0) is 28.5. The van der Waals surface area contributed by atoms with Crippen LogP contribution in [0.4, 0.5) is 0 Å². The average molecular weight is 554 g/mol. The van der Waals surface area contributed by atoms with Crippen molar-refractivity contribution in [3.05, 3.63) is 35.9 Å². The van der Waals surface area contributed by atoms with Crippen LogP contribution in [0.1, 0.15) is 44.1 Å². The Morgan fingerprint density at radius 2 is 1.42 bits per heavy atom. The second-order valence-electron chi connectivity index (χ2n) is 8.82.